The molecular formula is C15H27N3O3. The van der Waals surface area contributed by atoms with Crippen molar-refractivity contribution in [1.29, 1.82) is 0 Å². The van der Waals surface area contributed by atoms with E-state index in [0.717, 1.165) is 19.4 Å². The molecule has 6 nitrogen and oxygen atoms in total. The van der Waals surface area contributed by atoms with E-state index in [1.807, 2.05) is 20.8 Å². The number of hydrazine groups is 1. The third kappa shape index (κ3) is 4.41. The predicted octanol–water partition coefficient (Wildman–Crippen LogP) is 0.979. The molecule has 120 valence electrons. The highest BCUT2D eigenvalue weighted by atomic mass is 16.4. The molecule has 1 heterocycles. The van der Waals surface area contributed by atoms with Crippen molar-refractivity contribution in [3.63, 3.8) is 0 Å². The Kier molecular flexibility index (Phi) is 5.22. The molecule has 0 spiro atoms. The number of aliphatic carboxylic acids is 1. The van der Waals surface area contributed by atoms with Crippen LogP contribution in [0.1, 0.15) is 46.5 Å². The van der Waals surface area contributed by atoms with Crippen LogP contribution in [0.25, 0.3) is 0 Å². The maximum absolute atomic E-state index is 11.8. The van der Waals surface area contributed by atoms with E-state index in [0.29, 0.717) is 30.7 Å². The second-order valence-corrected chi connectivity index (χ2v) is 6.78. The number of nitrogens with one attached hydrogen (secondary N) is 2. The fourth-order valence-electron chi connectivity index (χ4n) is 3.12. The van der Waals surface area contributed by atoms with Crippen LogP contribution in [0.4, 0.5) is 0 Å². The molecule has 1 amide bonds. The van der Waals surface area contributed by atoms with Gasteiger partial charge in [0.2, 0.25) is 5.91 Å². The first kappa shape index (κ1) is 16.2. The monoisotopic (exact) mass is 297 g/mol. The molecule has 1 saturated carbocycles. The fourth-order valence-corrected chi connectivity index (χ4v) is 3.12. The van der Waals surface area contributed by atoms with Gasteiger partial charge in [-0.05, 0) is 38.0 Å². The fraction of sp³-hybridized carbons (Fsp3) is 0.867. The molecule has 0 bridgehead atoms. The van der Waals surface area contributed by atoms with E-state index >= 15 is 0 Å². The Bertz CT molecular complexity index is 400. The standard InChI is InChI=1S/C15H27N3O3/c1-9(2)7-14(19)16-10(3)11-8-13(11)18-6-4-5-12(17-18)15(20)21/h9-13,17H,4-8H2,1-3H3,(H,16,19)(H,20,21). The summed E-state index contributed by atoms with van der Waals surface area (Å²) < 4.78 is 0. The highest BCUT2D eigenvalue weighted by molar-refractivity contribution is 5.76. The Hall–Kier alpha value is -1.14. The van der Waals surface area contributed by atoms with Crippen LogP contribution in [-0.2, 0) is 9.59 Å². The van der Waals surface area contributed by atoms with E-state index in [1.165, 1.54) is 0 Å². The van der Waals surface area contributed by atoms with Crippen LogP contribution in [-0.4, -0.2) is 46.7 Å². The van der Waals surface area contributed by atoms with E-state index < -0.39 is 12.0 Å². The van der Waals surface area contributed by atoms with E-state index in [1.54, 1.807) is 0 Å². The van der Waals surface area contributed by atoms with Gasteiger partial charge in [0, 0.05) is 25.0 Å². The summed E-state index contributed by atoms with van der Waals surface area (Å²) in [6.07, 6.45) is 3.17. The Morgan fingerprint density at radius 2 is 2.10 bits per heavy atom. The Morgan fingerprint density at radius 1 is 1.38 bits per heavy atom. The number of nitrogens with zero attached hydrogens (tertiary/aromatic N) is 1. The van der Waals surface area contributed by atoms with Gasteiger partial charge in [0.15, 0.2) is 0 Å². The smallest absolute Gasteiger partial charge is 0.322 e. The van der Waals surface area contributed by atoms with Crippen LogP contribution in [0.15, 0.2) is 0 Å². The average Bonchev–Trinajstić information content (AvgIpc) is 3.18. The minimum Gasteiger partial charge on any atom is -0.480 e. The van der Waals surface area contributed by atoms with Gasteiger partial charge < -0.3 is 10.4 Å². The number of hydrogen-bond acceptors (Lipinski definition) is 4. The molecule has 1 aliphatic heterocycles. The lowest BCUT2D eigenvalue weighted by Crippen LogP contribution is -2.54. The molecule has 2 fully saturated rings. The zero-order valence-electron chi connectivity index (χ0n) is 13.1. The highest BCUT2D eigenvalue weighted by Gasteiger charge is 2.47. The molecule has 2 aliphatic rings. The van der Waals surface area contributed by atoms with Crippen LogP contribution in [0.2, 0.25) is 0 Å². The number of amides is 1. The summed E-state index contributed by atoms with van der Waals surface area (Å²) in [5.74, 6) is 0.113. The SMILES string of the molecule is CC(C)CC(=O)NC(C)C1CC1N1CCCC(C(=O)O)N1. The van der Waals surface area contributed by atoms with Gasteiger partial charge in [-0.1, -0.05) is 13.8 Å². The molecule has 4 atom stereocenters. The molecule has 6 heteroatoms. The van der Waals surface area contributed by atoms with Gasteiger partial charge in [-0.3, -0.25) is 9.59 Å². The molecule has 0 radical (unpaired) electrons. The average molecular weight is 297 g/mol. The molecule has 1 saturated heterocycles. The van der Waals surface area contributed by atoms with Gasteiger partial charge in [-0.2, -0.15) is 0 Å². The van der Waals surface area contributed by atoms with E-state index in [9.17, 15) is 9.59 Å². The van der Waals surface area contributed by atoms with Crippen molar-refractivity contribution in [2.24, 2.45) is 11.8 Å². The van der Waals surface area contributed by atoms with Gasteiger partial charge in [-0.25, -0.2) is 10.4 Å². The summed E-state index contributed by atoms with van der Waals surface area (Å²) in [4.78, 5) is 22.9. The molecular weight excluding hydrogens is 270 g/mol. The zero-order valence-corrected chi connectivity index (χ0v) is 13.1. The maximum atomic E-state index is 11.8. The van der Waals surface area contributed by atoms with Crippen LogP contribution >= 0.6 is 0 Å². The van der Waals surface area contributed by atoms with Crippen molar-refractivity contribution in [2.75, 3.05) is 6.54 Å². The lowest BCUT2D eigenvalue weighted by molar-refractivity contribution is -0.142. The first-order chi connectivity index (χ1) is 9.88. The molecule has 1 aliphatic carbocycles. The quantitative estimate of drug-likeness (QED) is 0.681. The number of carbonyl (C=O) groups excluding carboxylic acids is 1. The normalized spacial score (nSPS) is 31.0. The first-order valence-corrected chi connectivity index (χ1v) is 7.93. The molecule has 4 unspecified atom stereocenters. The number of carboxylic acid groups (broad SMARTS) is 1. The van der Waals surface area contributed by atoms with E-state index in [-0.39, 0.29) is 11.9 Å². The lowest BCUT2D eigenvalue weighted by Gasteiger charge is -2.32. The van der Waals surface area contributed by atoms with Crippen molar-refractivity contribution in [1.82, 2.24) is 15.8 Å². The summed E-state index contributed by atoms with van der Waals surface area (Å²) >= 11 is 0. The van der Waals surface area contributed by atoms with E-state index in [4.69, 9.17) is 5.11 Å². The van der Waals surface area contributed by atoms with Crippen molar-refractivity contribution in [3.05, 3.63) is 0 Å². The molecule has 0 aromatic carbocycles. The number of rotatable bonds is 6. The van der Waals surface area contributed by atoms with E-state index in [2.05, 4.69) is 15.8 Å². The molecule has 0 aromatic heterocycles. The minimum absolute atomic E-state index is 0.109. The largest absolute Gasteiger partial charge is 0.480 e. The number of carboxylic acids is 1. The summed E-state index contributed by atoms with van der Waals surface area (Å²) in [7, 11) is 0. The van der Waals surface area contributed by atoms with Crippen LogP contribution in [0.3, 0.4) is 0 Å². The molecule has 2 rings (SSSR count). The number of hydrogen-bond donors (Lipinski definition) is 3. The third-order valence-electron chi connectivity index (χ3n) is 4.34. The van der Waals surface area contributed by atoms with Gasteiger partial charge >= 0.3 is 5.97 Å². The van der Waals surface area contributed by atoms with Crippen molar-refractivity contribution >= 4 is 11.9 Å². The predicted molar refractivity (Wildman–Crippen MR) is 79.5 cm³/mol. The van der Waals surface area contributed by atoms with Gasteiger partial charge in [0.25, 0.3) is 0 Å². The second-order valence-electron chi connectivity index (χ2n) is 6.78. The Labute approximate surface area is 126 Å². The maximum Gasteiger partial charge on any atom is 0.322 e. The summed E-state index contributed by atoms with van der Waals surface area (Å²) in [5.41, 5.74) is 3.11. The summed E-state index contributed by atoms with van der Waals surface area (Å²) in [6.45, 7) is 7.00. The van der Waals surface area contributed by atoms with Gasteiger partial charge in [0.1, 0.15) is 6.04 Å². The summed E-state index contributed by atoms with van der Waals surface area (Å²) in [6, 6.07) is 0.0283. The van der Waals surface area contributed by atoms with Gasteiger partial charge in [0.05, 0.1) is 0 Å². The molecule has 21 heavy (non-hydrogen) atoms. The van der Waals surface area contributed by atoms with Crippen molar-refractivity contribution < 1.29 is 14.7 Å². The van der Waals surface area contributed by atoms with Crippen molar-refractivity contribution in [2.45, 2.75) is 64.6 Å². The minimum atomic E-state index is -0.782. The Balaban J connectivity index is 1.78. The second kappa shape index (κ2) is 6.75. The van der Waals surface area contributed by atoms with Crippen LogP contribution in [0, 0.1) is 11.8 Å². The van der Waals surface area contributed by atoms with Crippen LogP contribution in [0.5, 0.6) is 0 Å². The molecule has 3 N–H and O–H groups in total. The zero-order chi connectivity index (χ0) is 15.6. The lowest BCUT2D eigenvalue weighted by atomic mass is 10.1. The third-order valence-corrected chi connectivity index (χ3v) is 4.34. The number of carbonyl (C=O) groups is 2. The molecule has 0 aromatic rings. The topological polar surface area (TPSA) is 81.7 Å². The van der Waals surface area contributed by atoms with Crippen molar-refractivity contribution in [3.8, 4) is 0 Å². The Morgan fingerprint density at radius 3 is 2.71 bits per heavy atom. The van der Waals surface area contributed by atoms with Crippen LogP contribution < -0.4 is 10.7 Å². The highest BCUT2D eigenvalue weighted by Crippen LogP contribution is 2.38. The first-order valence-electron chi connectivity index (χ1n) is 7.93. The summed E-state index contributed by atoms with van der Waals surface area (Å²) in [5, 5.41) is 14.2. The van der Waals surface area contributed by atoms with Gasteiger partial charge in [-0.15, -0.1) is 0 Å².